The third-order valence-electron chi connectivity index (χ3n) is 7.34. The van der Waals surface area contributed by atoms with Gasteiger partial charge in [-0.25, -0.2) is 9.59 Å². The molecule has 2 unspecified atom stereocenters. The van der Waals surface area contributed by atoms with E-state index in [1.165, 1.54) is 0 Å². The molecule has 0 radical (unpaired) electrons. The molecular weight excluding hydrogens is 500 g/mol. The molecule has 5 rings (SSSR count). The van der Waals surface area contributed by atoms with Crippen LogP contribution in [-0.2, 0) is 9.47 Å². The fourth-order valence-corrected chi connectivity index (χ4v) is 5.27. The van der Waals surface area contributed by atoms with Gasteiger partial charge in [0.15, 0.2) is 0 Å². The quantitative estimate of drug-likeness (QED) is 0.328. The largest absolute Gasteiger partial charge is 0.490 e. The van der Waals surface area contributed by atoms with Crippen molar-refractivity contribution in [3.8, 4) is 33.8 Å². The predicted molar refractivity (Wildman–Crippen MR) is 145 cm³/mol. The second-order valence-corrected chi connectivity index (χ2v) is 10.3. The van der Waals surface area contributed by atoms with Crippen molar-refractivity contribution in [1.29, 1.82) is 0 Å². The van der Waals surface area contributed by atoms with Crippen LogP contribution >= 0.6 is 0 Å². The molecule has 0 spiro atoms. The first-order valence-corrected chi connectivity index (χ1v) is 12.9. The second-order valence-electron chi connectivity index (χ2n) is 10.3. The Kier molecular flexibility index (Phi) is 7.09. The minimum absolute atomic E-state index is 0.0495. The molecule has 0 bridgehead atoms. The zero-order chi connectivity index (χ0) is 28.0. The molecular formula is C31H32O8. The van der Waals surface area contributed by atoms with E-state index < -0.39 is 11.9 Å². The van der Waals surface area contributed by atoms with Crippen molar-refractivity contribution in [2.24, 2.45) is 0 Å². The molecule has 2 fully saturated rings. The van der Waals surface area contributed by atoms with Gasteiger partial charge in [-0.2, -0.15) is 0 Å². The zero-order valence-electron chi connectivity index (χ0n) is 22.7. The predicted octanol–water partition coefficient (Wildman–Crippen LogP) is 5.51. The van der Waals surface area contributed by atoms with Gasteiger partial charge in [0.05, 0.1) is 24.3 Å². The Balaban J connectivity index is 1.63. The first kappa shape index (κ1) is 26.7. The Bertz CT molecular complexity index is 1480. The van der Waals surface area contributed by atoms with E-state index in [1.807, 2.05) is 25.1 Å². The van der Waals surface area contributed by atoms with E-state index in [1.54, 1.807) is 39.8 Å². The highest BCUT2D eigenvalue weighted by Crippen LogP contribution is 2.43. The Morgan fingerprint density at radius 1 is 0.744 bits per heavy atom. The maximum atomic E-state index is 12.1. The summed E-state index contributed by atoms with van der Waals surface area (Å²) in [5, 5.41) is 19.8. The monoisotopic (exact) mass is 532 g/mol. The van der Waals surface area contributed by atoms with Gasteiger partial charge in [-0.3, -0.25) is 0 Å². The number of aromatic carboxylic acids is 2. The highest BCUT2D eigenvalue weighted by Gasteiger charge is 2.28. The lowest BCUT2D eigenvalue weighted by molar-refractivity contribution is 0.0684. The first-order chi connectivity index (χ1) is 18.6. The molecule has 0 saturated carbocycles. The van der Waals surface area contributed by atoms with Gasteiger partial charge in [0.2, 0.25) is 0 Å². The molecule has 3 aromatic rings. The van der Waals surface area contributed by atoms with E-state index in [0.717, 1.165) is 22.3 Å². The number of benzene rings is 3. The average Bonchev–Trinajstić information content (AvgIpc) is 3.77. The van der Waals surface area contributed by atoms with Crippen molar-refractivity contribution in [3.05, 3.63) is 69.3 Å². The van der Waals surface area contributed by atoms with Crippen molar-refractivity contribution in [1.82, 2.24) is 0 Å². The van der Waals surface area contributed by atoms with Crippen molar-refractivity contribution in [2.75, 3.05) is 26.4 Å². The Labute approximate surface area is 227 Å². The van der Waals surface area contributed by atoms with Crippen molar-refractivity contribution >= 4 is 11.9 Å². The van der Waals surface area contributed by atoms with Crippen molar-refractivity contribution in [3.63, 3.8) is 0 Å². The van der Waals surface area contributed by atoms with Crippen LogP contribution in [0.4, 0.5) is 0 Å². The smallest absolute Gasteiger partial charge is 0.336 e. The van der Waals surface area contributed by atoms with Gasteiger partial charge in [-0.1, -0.05) is 18.2 Å². The molecule has 2 heterocycles. The van der Waals surface area contributed by atoms with Gasteiger partial charge in [0.1, 0.15) is 36.9 Å². The fraction of sp³-hybridized carbons (Fsp3) is 0.355. The Hall–Kier alpha value is -3.88. The van der Waals surface area contributed by atoms with Crippen LogP contribution in [0.5, 0.6) is 11.5 Å². The lowest BCUT2D eigenvalue weighted by atomic mass is 9.87. The van der Waals surface area contributed by atoms with E-state index in [4.69, 9.17) is 18.9 Å². The van der Waals surface area contributed by atoms with Gasteiger partial charge in [-0.05, 0) is 85.7 Å². The summed E-state index contributed by atoms with van der Waals surface area (Å²) in [4.78, 5) is 24.2. The summed E-state index contributed by atoms with van der Waals surface area (Å²) in [7, 11) is 0. The summed E-state index contributed by atoms with van der Waals surface area (Å²) < 4.78 is 22.8. The molecule has 2 aliphatic rings. The number of hydrogen-bond donors (Lipinski definition) is 2. The van der Waals surface area contributed by atoms with Crippen LogP contribution < -0.4 is 9.47 Å². The van der Waals surface area contributed by atoms with Crippen LogP contribution in [0.15, 0.2) is 30.3 Å². The maximum absolute atomic E-state index is 12.1. The third-order valence-corrected chi connectivity index (χ3v) is 7.34. The summed E-state index contributed by atoms with van der Waals surface area (Å²) in [6, 6.07) is 9.37. The topological polar surface area (TPSA) is 118 Å². The molecule has 204 valence electrons. The minimum Gasteiger partial charge on any atom is -0.490 e. The molecule has 2 N–H and O–H groups in total. The summed E-state index contributed by atoms with van der Waals surface area (Å²) in [6.07, 6.45) is 0.0996. The molecule has 3 aromatic carbocycles. The maximum Gasteiger partial charge on any atom is 0.336 e. The van der Waals surface area contributed by atoms with Crippen LogP contribution in [0.2, 0.25) is 0 Å². The number of carbonyl (C=O) groups is 2. The Morgan fingerprint density at radius 2 is 1.21 bits per heavy atom. The van der Waals surface area contributed by atoms with Crippen LogP contribution in [-0.4, -0.2) is 60.8 Å². The number of ether oxygens (including phenoxy) is 4. The number of carboxylic acid groups (broad SMARTS) is 2. The lowest BCUT2D eigenvalue weighted by Gasteiger charge is -2.21. The molecule has 2 aliphatic heterocycles. The van der Waals surface area contributed by atoms with E-state index in [9.17, 15) is 19.8 Å². The van der Waals surface area contributed by atoms with Crippen LogP contribution in [0, 0.1) is 34.6 Å². The van der Waals surface area contributed by atoms with Crippen molar-refractivity contribution < 1.29 is 38.7 Å². The molecule has 0 aliphatic carbocycles. The van der Waals surface area contributed by atoms with Crippen molar-refractivity contribution in [2.45, 2.75) is 46.8 Å². The SMILES string of the molecule is Cc1cc(-c2c(OCC3CO3)cc(C)c(C(=O)O)c2C)ccc1-c1c(OCC2CO2)cc(C)c(C(=O)O)c1C. The molecule has 8 heteroatoms. The molecule has 0 aromatic heterocycles. The fourth-order valence-electron chi connectivity index (χ4n) is 5.27. The summed E-state index contributed by atoms with van der Waals surface area (Å²) in [5.41, 5.74) is 6.96. The summed E-state index contributed by atoms with van der Waals surface area (Å²) in [5.74, 6) is -0.773. The van der Waals surface area contributed by atoms with Crippen LogP contribution in [0.1, 0.15) is 48.5 Å². The highest BCUT2D eigenvalue weighted by atomic mass is 16.6. The van der Waals surface area contributed by atoms with E-state index >= 15 is 0 Å². The number of hydrogen-bond acceptors (Lipinski definition) is 6. The first-order valence-electron chi connectivity index (χ1n) is 12.9. The number of epoxide rings is 2. The van der Waals surface area contributed by atoms with E-state index in [0.29, 0.717) is 65.7 Å². The minimum atomic E-state index is -0.991. The highest BCUT2D eigenvalue weighted by molar-refractivity contribution is 5.97. The van der Waals surface area contributed by atoms with Gasteiger partial charge in [0.25, 0.3) is 0 Å². The van der Waals surface area contributed by atoms with Crippen LogP contribution in [0.25, 0.3) is 22.3 Å². The number of aryl methyl sites for hydroxylation is 3. The van der Waals surface area contributed by atoms with Gasteiger partial charge in [0, 0.05) is 11.1 Å². The zero-order valence-corrected chi connectivity index (χ0v) is 22.7. The standard InChI is InChI=1S/C31H32O8/c1-15-8-20(28-18(4)26(30(32)33)16(2)9-24(28)38-13-21-11-36-21)6-7-23(15)29-19(5)27(31(34)35)17(3)10-25(29)39-14-22-12-37-22/h6-10,21-22H,11-14H2,1-5H3,(H,32,33)(H,34,35). The number of carboxylic acids is 2. The molecule has 39 heavy (non-hydrogen) atoms. The van der Waals surface area contributed by atoms with Crippen LogP contribution in [0.3, 0.4) is 0 Å². The molecule has 8 nitrogen and oxygen atoms in total. The normalized spacial score (nSPS) is 17.6. The molecule has 0 amide bonds. The lowest BCUT2D eigenvalue weighted by Crippen LogP contribution is -2.10. The summed E-state index contributed by atoms with van der Waals surface area (Å²) >= 11 is 0. The average molecular weight is 533 g/mol. The Morgan fingerprint density at radius 3 is 1.64 bits per heavy atom. The van der Waals surface area contributed by atoms with Gasteiger partial charge >= 0.3 is 11.9 Å². The number of rotatable bonds is 10. The van der Waals surface area contributed by atoms with E-state index in [-0.39, 0.29) is 23.3 Å². The second kappa shape index (κ2) is 10.4. The molecule has 2 saturated heterocycles. The van der Waals surface area contributed by atoms with Gasteiger partial charge in [-0.15, -0.1) is 0 Å². The van der Waals surface area contributed by atoms with Gasteiger partial charge < -0.3 is 29.2 Å². The van der Waals surface area contributed by atoms with E-state index in [2.05, 4.69) is 0 Å². The third kappa shape index (κ3) is 5.35. The molecule has 2 atom stereocenters. The summed E-state index contributed by atoms with van der Waals surface area (Å²) in [6.45, 7) is 11.2.